The highest BCUT2D eigenvalue weighted by Gasteiger charge is 2.22. The molecule has 0 bridgehead atoms. The lowest BCUT2D eigenvalue weighted by Crippen LogP contribution is -2.39. The zero-order chi connectivity index (χ0) is 23.9. The van der Waals surface area contributed by atoms with Gasteiger partial charge in [-0.25, -0.2) is 14.5 Å². The van der Waals surface area contributed by atoms with Crippen molar-refractivity contribution in [2.75, 3.05) is 18.4 Å². The van der Waals surface area contributed by atoms with Gasteiger partial charge in [0.15, 0.2) is 11.5 Å². The van der Waals surface area contributed by atoms with E-state index in [2.05, 4.69) is 75.3 Å². The van der Waals surface area contributed by atoms with Gasteiger partial charge in [-0.3, -0.25) is 14.8 Å². The number of aromatic nitrogens is 6. The number of piperidine rings is 1. The number of hydrogen-bond donors (Lipinski definition) is 3. The number of H-pyrrole nitrogens is 2. The molecule has 4 aromatic rings. The van der Waals surface area contributed by atoms with Crippen molar-refractivity contribution >= 4 is 11.6 Å². The lowest BCUT2D eigenvalue weighted by Gasteiger charge is -2.32. The second-order valence-corrected chi connectivity index (χ2v) is 10.2. The van der Waals surface area contributed by atoms with E-state index in [9.17, 15) is 4.79 Å². The van der Waals surface area contributed by atoms with E-state index in [-0.39, 0.29) is 17.0 Å². The molecule has 0 spiro atoms. The molecule has 3 aromatic heterocycles. The predicted molar refractivity (Wildman–Crippen MR) is 133 cm³/mol. The number of imidazole rings is 1. The van der Waals surface area contributed by atoms with E-state index in [4.69, 9.17) is 4.98 Å². The Hall–Kier alpha value is -3.46. The number of hydrogen-bond acceptors (Lipinski definition) is 6. The minimum Gasteiger partial charge on any atom is -0.351 e. The van der Waals surface area contributed by atoms with Crippen molar-refractivity contribution in [3.05, 3.63) is 64.0 Å². The third-order valence-corrected chi connectivity index (χ3v) is 6.43. The largest absolute Gasteiger partial charge is 0.351 e. The van der Waals surface area contributed by atoms with Gasteiger partial charge in [-0.05, 0) is 30.7 Å². The fourth-order valence-corrected chi connectivity index (χ4v) is 4.47. The summed E-state index contributed by atoms with van der Waals surface area (Å²) >= 11 is 0. The molecule has 9 nitrogen and oxygen atoms in total. The van der Waals surface area contributed by atoms with E-state index in [1.54, 1.807) is 4.52 Å². The summed E-state index contributed by atoms with van der Waals surface area (Å²) in [6.45, 7) is 11.4. The molecular formula is C25H32N8O. The van der Waals surface area contributed by atoms with E-state index >= 15 is 0 Å². The van der Waals surface area contributed by atoms with E-state index in [0.29, 0.717) is 17.4 Å². The Morgan fingerprint density at radius 3 is 2.50 bits per heavy atom. The lowest BCUT2D eigenvalue weighted by molar-refractivity contribution is 0.209. The number of fused-ring (bicyclic) bond motifs is 1. The molecule has 4 heterocycles. The Morgan fingerprint density at radius 1 is 1.12 bits per heavy atom. The van der Waals surface area contributed by atoms with Gasteiger partial charge in [0.05, 0.1) is 0 Å². The Labute approximate surface area is 198 Å². The van der Waals surface area contributed by atoms with E-state index in [1.807, 2.05) is 13.1 Å². The number of aromatic amines is 2. The predicted octanol–water partition coefficient (Wildman–Crippen LogP) is 3.49. The summed E-state index contributed by atoms with van der Waals surface area (Å²) in [6.07, 6.45) is 3.88. The van der Waals surface area contributed by atoms with Crippen molar-refractivity contribution in [1.82, 2.24) is 34.4 Å². The monoisotopic (exact) mass is 460 g/mol. The first-order chi connectivity index (χ1) is 16.2. The Bertz CT molecular complexity index is 1330. The van der Waals surface area contributed by atoms with E-state index in [0.717, 1.165) is 49.6 Å². The van der Waals surface area contributed by atoms with Gasteiger partial charge in [-0.2, -0.15) is 4.98 Å². The highest BCUT2D eigenvalue weighted by atomic mass is 16.1. The summed E-state index contributed by atoms with van der Waals surface area (Å²) in [4.78, 5) is 31.5. The van der Waals surface area contributed by atoms with Crippen LogP contribution in [0.4, 0.5) is 5.95 Å². The summed E-state index contributed by atoms with van der Waals surface area (Å²) in [5.74, 6) is 2.17. The van der Waals surface area contributed by atoms with Crippen molar-refractivity contribution in [2.45, 2.75) is 58.5 Å². The van der Waals surface area contributed by atoms with E-state index in [1.165, 1.54) is 11.6 Å². The molecule has 1 saturated heterocycles. The third-order valence-electron chi connectivity index (χ3n) is 6.43. The fraction of sp³-hybridized carbons (Fsp3) is 0.440. The minimum absolute atomic E-state index is 0.0785. The molecule has 5 rings (SSSR count). The normalized spacial score (nSPS) is 15.8. The van der Waals surface area contributed by atoms with Crippen LogP contribution in [0.25, 0.3) is 17.0 Å². The van der Waals surface area contributed by atoms with Crippen LogP contribution in [-0.2, 0) is 12.0 Å². The van der Waals surface area contributed by atoms with Gasteiger partial charge in [0, 0.05) is 49.2 Å². The summed E-state index contributed by atoms with van der Waals surface area (Å²) in [7, 11) is 0. The highest BCUT2D eigenvalue weighted by molar-refractivity contribution is 5.61. The Balaban J connectivity index is 1.34. The molecular weight excluding hydrogens is 428 g/mol. The summed E-state index contributed by atoms with van der Waals surface area (Å²) < 4.78 is 1.65. The van der Waals surface area contributed by atoms with Crippen molar-refractivity contribution < 1.29 is 0 Å². The minimum atomic E-state index is -0.192. The molecule has 178 valence electrons. The number of nitrogens with zero attached hydrogens (tertiary/aromatic N) is 5. The molecule has 1 aromatic carbocycles. The standard InChI is InChI=1S/C25H32N8O/c1-16-26-14-20(27-16)15-32-11-9-19(10-12-32)28-24-30-23(29-21-13-22(34)31-33(21)24)17-5-7-18(8-6-17)25(2,3)4/h5-8,13-14,19H,9-12,15H2,1-4H3,(H,26,27)(H,31,34)(H,28,29,30). The van der Waals surface area contributed by atoms with Crippen LogP contribution in [0, 0.1) is 6.92 Å². The molecule has 0 unspecified atom stereocenters. The molecule has 0 atom stereocenters. The van der Waals surface area contributed by atoms with Crippen molar-refractivity contribution in [2.24, 2.45) is 0 Å². The van der Waals surface area contributed by atoms with Crippen molar-refractivity contribution in [1.29, 1.82) is 0 Å². The quantitative estimate of drug-likeness (QED) is 0.421. The first kappa shape index (κ1) is 22.3. The SMILES string of the molecule is Cc1ncc(CN2CCC(Nc3nc(-c4ccc(C(C)(C)C)cc4)nc4cc(=O)[nH]n34)CC2)[nH]1. The van der Waals surface area contributed by atoms with Crippen molar-refractivity contribution in [3.8, 4) is 11.4 Å². The van der Waals surface area contributed by atoms with Gasteiger partial charge < -0.3 is 10.3 Å². The smallest absolute Gasteiger partial charge is 0.266 e. The topological polar surface area (TPSA) is 107 Å². The van der Waals surface area contributed by atoms with Crippen LogP contribution >= 0.6 is 0 Å². The zero-order valence-electron chi connectivity index (χ0n) is 20.2. The second-order valence-electron chi connectivity index (χ2n) is 10.2. The third kappa shape index (κ3) is 4.75. The van der Waals surface area contributed by atoms with Crippen LogP contribution in [0.5, 0.6) is 0 Å². The van der Waals surface area contributed by atoms with Gasteiger partial charge in [0.2, 0.25) is 5.95 Å². The average Bonchev–Trinajstić information content (AvgIpc) is 3.38. The number of likely N-dealkylation sites (tertiary alicyclic amines) is 1. The van der Waals surface area contributed by atoms with Crippen LogP contribution in [0.1, 0.15) is 50.7 Å². The number of nitrogens with one attached hydrogen (secondary N) is 3. The molecule has 0 aliphatic carbocycles. The van der Waals surface area contributed by atoms with Crippen molar-refractivity contribution in [3.63, 3.8) is 0 Å². The molecule has 0 radical (unpaired) electrons. The van der Waals surface area contributed by atoms with Crippen LogP contribution < -0.4 is 10.9 Å². The second kappa shape index (κ2) is 8.72. The first-order valence-electron chi connectivity index (χ1n) is 11.8. The zero-order valence-corrected chi connectivity index (χ0v) is 20.2. The van der Waals surface area contributed by atoms with Gasteiger partial charge in [0.1, 0.15) is 5.82 Å². The van der Waals surface area contributed by atoms with Crippen LogP contribution in [0.15, 0.2) is 41.3 Å². The summed E-state index contributed by atoms with van der Waals surface area (Å²) in [5.41, 5.74) is 3.78. The highest BCUT2D eigenvalue weighted by Crippen LogP contribution is 2.26. The first-order valence-corrected chi connectivity index (χ1v) is 11.8. The number of aryl methyl sites for hydroxylation is 1. The van der Waals surface area contributed by atoms with Gasteiger partial charge in [-0.15, -0.1) is 0 Å². The van der Waals surface area contributed by atoms with Gasteiger partial charge in [-0.1, -0.05) is 45.0 Å². The Kier molecular flexibility index (Phi) is 5.73. The maximum atomic E-state index is 12.1. The molecule has 1 fully saturated rings. The molecule has 34 heavy (non-hydrogen) atoms. The molecule has 3 N–H and O–H groups in total. The lowest BCUT2D eigenvalue weighted by atomic mass is 9.87. The van der Waals surface area contributed by atoms with Crippen LogP contribution in [-0.4, -0.2) is 53.6 Å². The molecule has 1 aliphatic rings. The molecule has 9 heteroatoms. The van der Waals surface area contributed by atoms with Gasteiger partial charge in [0.25, 0.3) is 5.56 Å². The fourth-order valence-electron chi connectivity index (χ4n) is 4.47. The maximum Gasteiger partial charge on any atom is 0.266 e. The molecule has 1 aliphatic heterocycles. The number of anilines is 1. The maximum absolute atomic E-state index is 12.1. The number of rotatable bonds is 5. The number of benzene rings is 1. The molecule has 0 saturated carbocycles. The van der Waals surface area contributed by atoms with E-state index < -0.39 is 0 Å². The van der Waals surface area contributed by atoms with Crippen LogP contribution in [0.2, 0.25) is 0 Å². The average molecular weight is 461 g/mol. The molecule has 0 amide bonds. The van der Waals surface area contributed by atoms with Gasteiger partial charge >= 0.3 is 0 Å². The van der Waals surface area contributed by atoms with Crippen LogP contribution in [0.3, 0.4) is 0 Å². The summed E-state index contributed by atoms with van der Waals surface area (Å²) in [6, 6.07) is 10.1. The summed E-state index contributed by atoms with van der Waals surface area (Å²) in [5, 5.41) is 6.39. The Morgan fingerprint density at radius 2 is 1.85 bits per heavy atom.